The molecule has 1 saturated heterocycles. The molecule has 0 spiro atoms. The van der Waals surface area contributed by atoms with Crippen LogP contribution < -0.4 is 5.32 Å². The smallest absolute Gasteiger partial charge is 0.226 e. The third kappa shape index (κ3) is 6.08. The van der Waals surface area contributed by atoms with E-state index in [2.05, 4.69) is 15.2 Å². The number of amides is 1. The number of rotatable bonds is 10. The van der Waals surface area contributed by atoms with Gasteiger partial charge < -0.3 is 15.0 Å². The molecule has 192 valence electrons. The summed E-state index contributed by atoms with van der Waals surface area (Å²) < 4.78 is 33.9. The quantitative estimate of drug-likeness (QED) is 0.458. The second-order valence-electron chi connectivity index (χ2n) is 10.1. The van der Waals surface area contributed by atoms with Crippen LogP contribution >= 0.6 is 0 Å². The van der Waals surface area contributed by atoms with Crippen molar-refractivity contribution in [2.24, 2.45) is 5.92 Å². The summed E-state index contributed by atoms with van der Waals surface area (Å²) in [5.41, 5.74) is 2.54. The largest absolute Gasteiger partial charge is 0.370 e. The summed E-state index contributed by atoms with van der Waals surface area (Å²) in [5, 5.41) is 2.88. The molecule has 1 aromatic carbocycles. The second kappa shape index (κ2) is 11.0. The fraction of sp³-hybridized carbons (Fsp3) is 0.448. The number of carbonyl (C=O) groups excluding carboxylic acids is 1. The molecule has 0 radical (unpaired) electrons. The molecule has 1 saturated carbocycles. The highest BCUT2D eigenvalue weighted by Gasteiger charge is 2.58. The van der Waals surface area contributed by atoms with Gasteiger partial charge in [-0.3, -0.25) is 9.78 Å². The molecule has 1 aliphatic heterocycles. The zero-order valence-electron chi connectivity index (χ0n) is 20.5. The number of hydrogen-bond acceptors (Lipinski definition) is 4. The van der Waals surface area contributed by atoms with Crippen LogP contribution in [0.15, 0.2) is 66.1 Å². The van der Waals surface area contributed by atoms with Gasteiger partial charge in [0.05, 0.1) is 12.0 Å². The number of nitrogens with zero attached hydrogens (tertiary/aromatic N) is 2. The summed E-state index contributed by atoms with van der Waals surface area (Å²) in [7, 11) is 0. The number of piperidine rings is 1. The monoisotopic (exact) mass is 495 g/mol. The SMILES string of the molecule is O=C(Cc1ccc(-c2ccc(F)cc2)cn1)NCC1=CC2(OCCCN3CCCCC3)CC2C(F)=C1.[HH]. The Morgan fingerprint density at radius 2 is 1.89 bits per heavy atom. The predicted octanol–water partition coefficient (Wildman–Crippen LogP) is 5.24. The van der Waals surface area contributed by atoms with Gasteiger partial charge in [-0.05, 0) is 80.3 Å². The molecule has 2 heterocycles. The van der Waals surface area contributed by atoms with E-state index in [9.17, 15) is 13.6 Å². The molecule has 1 N–H and O–H groups in total. The molecule has 5 rings (SSSR count). The number of ether oxygens (including phenoxy) is 1. The van der Waals surface area contributed by atoms with Gasteiger partial charge in [-0.15, -0.1) is 0 Å². The summed E-state index contributed by atoms with van der Waals surface area (Å²) in [6.07, 6.45) is 10.8. The number of benzene rings is 1. The molecular formula is C29H35F2N3O2. The van der Waals surface area contributed by atoms with E-state index in [-0.39, 0.29) is 37.9 Å². The van der Waals surface area contributed by atoms with Crippen LogP contribution in [0.1, 0.15) is 39.2 Å². The fourth-order valence-corrected chi connectivity index (χ4v) is 5.19. The van der Waals surface area contributed by atoms with Gasteiger partial charge in [0.15, 0.2) is 0 Å². The maximum absolute atomic E-state index is 14.6. The molecule has 2 aliphatic carbocycles. The fourth-order valence-electron chi connectivity index (χ4n) is 5.19. The summed E-state index contributed by atoms with van der Waals surface area (Å²) >= 11 is 0. The first-order valence-corrected chi connectivity index (χ1v) is 12.9. The van der Waals surface area contributed by atoms with Crippen LogP contribution in [-0.4, -0.2) is 54.2 Å². The van der Waals surface area contributed by atoms with Crippen molar-refractivity contribution in [1.29, 1.82) is 0 Å². The Hall–Kier alpha value is -2.90. The number of carbonyl (C=O) groups is 1. The number of nitrogens with one attached hydrogen (secondary N) is 1. The van der Waals surface area contributed by atoms with Crippen molar-refractivity contribution in [3.8, 4) is 11.1 Å². The molecule has 36 heavy (non-hydrogen) atoms. The third-order valence-corrected chi connectivity index (χ3v) is 7.31. The maximum atomic E-state index is 14.6. The van der Waals surface area contributed by atoms with E-state index in [0.717, 1.165) is 29.7 Å². The lowest BCUT2D eigenvalue weighted by atomic mass is 10.0. The standard InChI is InChI=1S/C29H33F2N3O2.H2/c30-24-8-5-22(6-9-24)23-7-10-25(32-20-23)16-28(35)33-19-21-15-27(31)26-18-29(26,17-21)36-14-4-13-34-11-2-1-3-12-34;/h5-10,15,17,20,26H,1-4,11-14,16,18-19H2,(H,33,35);1H. The Bertz CT molecular complexity index is 1130. The van der Waals surface area contributed by atoms with E-state index < -0.39 is 5.60 Å². The number of halogens is 2. The van der Waals surface area contributed by atoms with Crippen LogP contribution in [0.3, 0.4) is 0 Å². The molecule has 1 aromatic heterocycles. The molecule has 1 amide bonds. The minimum atomic E-state index is -0.543. The zero-order valence-corrected chi connectivity index (χ0v) is 20.5. The van der Waals surface area contributed by atoms with E-state index in [1.807, 2.05) is 12.1 Å². The molecule has 5 nitrogen and oxygen atoms in total. The highest BCUT2D eigenvalue weighted by Crippen LogP contribution is 2.55. The predicted molar refractivity (Wildman–Crippen MR) is 137 cm³/mol. The Morgan fingerprint density at radius 3 is 2.64 bits per heavy atom. The van der Waals surface area contributed by atoms with Crippen LogP contribution in [-0.2, 0) is 16.0 Å². The molecule has 2 atom stereocenters. The Balaban J connectivity index is 0.00000320. The van der Waals surface area contributed by atoms with E-state index in [0.29, 0.717) is 18.7 Å². The van der Waals surface area contributed by atoms with Crippen molar-refractivity contribution in [1.82, 2.24) is 15.2 Å². The number of hydrogen-bond donors (Lipinski definition) is 1. The maximum Gasteiger partial charge on any atom is 0.226 e. The average Bonchev–Trinajstić information content (AvgIpc) is 3.63. The minimum Gasteiger partial charge on any atom is -0.370 e. The first kappa shape index (κ1) is 24.8. The number of aromatic nitrogens is 1. The van der Waals surface area contributed by atoms with E-state index in [4.69, 9.17) is 4.74 Å². The first-order chi connectivity index (χ1) is 17.5. The highest BCUT2D eigenvalue weighted by atomic mass is 19.1. The van der Waals surface area contributed by atoms with Crippen LogP contribution in [0.25, 0.3) is 11.1 Å². The number of fused-ring (bicyclic) bond motifs is 1. The van der Waals surface area contributed by atoms with Crippen LogP contribution in [0.4, 0.5) is 8.78 Å². The first-order valence-electron chi connectivity index (χ1n) is 12.9. The van der Waals surface area contributed by atoms with E-state index in [1.165, 1.54) is 50.6 Å². The lowest BCUT2D eigenvalue weighted by Gasteiger charge is -2.26. The highest BCUT2D eigenvalue weighted by molar-refractivity contribution is 5.78. The molecule has 0 bridgehead atoms. The van der Waals surface area contributed by atoms with Gasteiger partial charge in [0.2, 0.25) is 5.91 Å². The van der Waals surface area contributed by atoms with Crippen LogP contribution in [0, 0.1) is 11.7 Å². The Morgan fingerprint density at radius 1 is 1.11 bits per heavy atom. The summed E-state index contributed by atoms with van der Waals surface area (Å²) in [5.74, 6) is -0.807. The van der Waals surface area contributed by atoms with E-state index in [1.54, 1.807) is 24.4 Å². The molecule has 2 fully saturated rings. The van der Waals surface area contributed by atoms with Crippen LogP contribution in [0.2, 0.25) is 0 Å². The van der Waals surface area contributed by atoms with Gasteiger partial charge >= 0.3 is 0 Å². The van der Waals surface area contributed by atoms with E-state index >= 15 is 0 Å². The normalized spacial score (nSPS) is 23.4. The van der Waals surface area contributed by atoms with Crippen molar-refractivity contribution < 1.29 is 19.7 Å². The molecule has 2 unspecified atom stereocenters. The van der Waals surface area contributed by atoms with Gasteiger partial charge in [0, 0.05) is 44.5 Å². The van der Waals surface area contributed by atoms with Gasteiger partial charge in [-0.25, -0.2) is 8.78 Å². The number of pyridine rings is 1. The van der Waals surface area contributed by atoms with Crippen molar-refractivity contribution in [2.75, 3.05) is 32.8 Å². The molecule has 7 heteroatoms. The average molecular weight is 496 g/mol. The third-order valence-electron chi connectivity index (χ3n) is 7.31. The van der Waals surface area contributed by atoms with Gasteiger partial charge in [-0.2, -0.15) is 0 Å². The minimum absolute atomic E-state index is 0. The molecular weight excluding hydrogens is 460 g/mol. The van der Waals surface area contributed by atoms with Crippen molar-refractivity contribution in [3.63, 3.8) is 0 Å². The molecule has 3 aliphatic rings. The second-order valence-corrected chi connectivity index (χ2v) is 10.1. The van der Waals surface area contributed by atoms with Crippen molar-refractivity contribution >= 4 is 5.91 Å². The van der Waals surface area contributed by atoms with Gasteiger partial charge in [0.25, 0.3) is 0 Å². The number of likely N-dealkylation sites (tertiary alicyclic amines) is 1. The molecule has 2 aromatic rings. The van der Waals surface area contributed by atoms with Crippen LogP contribution in [0.5, 0.6) is 0 Å². The zero-order chi connectivity index (χ0) is 25.0. The van der Waals surface area contributed by atoms with Gasteiger partial charge in [-0.1, -0.05) is 24.6 Å². The lowest BCUT2D eigenvalue weighted by molar-refractivity contribution is -0.120. The topological polar surface area (TPSA) is 54.5 Å². The van der Waals surface area contributed by atoms with Crippen molar-refractivity contribution in [3.05, 3.63) is 77.7 Å². The summed E-state index contributed by atoms with van der Waals surface area (Å²) in [6.45, 7) is 4.25. The summed E-state index contributed by atoms with van der Waals surface area (Å²) in [6, 6.07) is 9.85. The Labute approximate surface area is 212 Å². The Kier molecular flexibility index (Phi) is 7.58. The van der Waals surface area contributed by atoms with Crippen molar-refractivity contribution in [2.45, 2.75) is 44.1 Å². The lowest BCUT2D eigenvalue weighted by Crippen LogP contribution is -2.32. The van der Waals surface area contributed by atoms with Gasteiger partial charge in [0.1, 0.15) is 11.6 Å². The summed E-state index contributed by atoms with van der Waals surface area (Å²) in [4.78, 5) is 19.3.